The van der Waals surface area contributed by atoms with Crippen LogP contribution in [0.1, 0.15) is 26.2 Å². The van der Waals surface area contributed by atoms with Gasteiger partial charge in [0.1, 0.15) is 0 Å². The van der Waals surface area contributed by atoms with Crippen molar-refractivity contribution in [3.05, 3.63) is 0 Å². The summed E-state index contributed by atoms with van der Waals surface area (Å²) in [7, 11) is 0. The number of hydrogen-bond acceptors (Lipinski definition) is 3. The molecule has 1 aliphatic carbocycles. The van der Waals surface area contributed by atoms with Crippen LogP contribution in [0, 0.1) is 11.8 Å². The number of hydrogen-bond donors (Lipinski definition) is 1. The third-order valence-corrected chi connectivity index (χ3v) is 3.82. The van der Waals surface area contributed by atoms with Gasteiger partial charge in [-0.05, 0) is 50.7 Å². The maximum atomic E-state index is 5.33. The van der Waals surface area contributed by atoms with Gasteiger partial charge in [-0.1, -0.05) is 6.92 Å². The maximum absolute atomic E-state index is 5.33. The largest absolute Gasteiger partial charge is 0.379 e. The van der Waals surface area contributed by atoms with Crippen LogP contribution in [0.3, 0.4) is 0 Å². The van der Waals surface area contributed by atoms with Crippen molar-refractivity contribution in [2.45, 2.75) is 26.2 Å². The molecule has 2 fully saturated rings. The highest BCUT2D eigenvalue weighted by Gasteiger charge is 2.27. The topological polar surface area (TPSA) is 24.5 Å². The molecule has 1 unspecified atom stereocenters. The Morgan fingerprint density at radius 2 is 2.06 bits per heavy atom. The third kappa shape index (κ3) is 4.40. The first-order valence-corrected chi connectivity index (χ1v) is 6.87. The zero-order chi connectivity index (χ0) is 11.2. The summed E-state index contributed by atoms with van der Waals surface area (Å²) in [4.78, 5) is 2.51. The lowest BCUT2D eigenvalue weighted by molar-refractivity contribution is 0.0374. The van der Waals surface area contributed by atoms with Crippen LogP contribution in [-0.4, -0.2) is 50.8 Å². The minimum absolute atomic E-state index is 0.892. The van der Waals surface area contributed by atoms with Gasteiger partial charge < -0.3 is 10.1 Å². The zero-order valence-electron chi connectivity index (χ0n) is 10.6. The first-order valence-electron chi connectivity index (χ1n) is 6.87. The fourth-order valence-corrected chi connectivity index (χ4v) is 2.41. The number of ether oxygens (including phenoxy) is 1. The molecule has 0 amide bonds. The van der Waals surface area contributed by atoms with Crippen molar-refractivity contribution >= 4 is 0 Å². The second-order valence-electron chi connectivity index (χ2n) is 5.33. The van der Waals surface area contributed by atoms with Gasteiger partial charge in [-0.2, -0.15) is 0 Å². The summed E-state index contributed by atoms with van der Waals surface area (Å²) >= 11 is 0. The van der Waals surface area contributed by atoms with Crippen molar-refractivity contribution in [1.82, 2.24) is 10.2 Å². The molecule has 0 spiro atoms. The van der Waals surface area contributed by atoms with Crippen LogP contribution in [0.5, 0.6) is 0 Å². The first-order chi connectivity index (χ1) is 7.86. The molecule has 0 aromatic carbocycles. The standard InChI is InChI=1S/C13H26N2O/c1-12(13-3-4-13)11-14-5-2-6-15-7-9-16-10-8-15/h12-14H,2-11H2,1H3. The first kappa shape index (κ1) is 12.3. The molecule has 3 heteroatoms. The highest BCUT2D eigenvalue weighted by Crippen LogP contribution is 2.35. The van der Waals surface area contributed by atoms with Crippen LogP contribution in [-0.2, 0) is 4.74 Å². The van der Waals surface area contributed by atoms with Crippen LogP contribution >= 0.6 is 0 Å². The molecule has 1 heterocycles. The number of morpholine rings is 1. The SMILES string of the molecule is CC(CNCCCN1CCOCC1)C1CC1. The van der Waals surface area contributed by atoms with E-state index in [0.717, 1.165) is 38.1 Å². The van der Waals surface area contributed by atoms with Gasteiger partial charge >= 0.3 is 0 Å². The molecule has 1 aliphatic heterocycles. The highest BCUT2D eigenvalue weighted by molar-refractivity contribution is 4.79. The van der Waals surface area contributed by atoms with Crippen molar-refractivity contribution in [3.63, 3.8) is 0 Å². The van der Waals surface area contributed by atoms with E-state index in [1.807, 2.05) is 0 Å². The predicted molar refractivity (Wildman–Crippen MR) is 66.6 cm³/mol. The summed E-state index contributed by atoms with van der Waals surface area (Å²) in [5.74, 6) is 1.93. The molecule has 1 saturated carbocycles. The molecule has 0 bridgehead atoms. The molecular weight excluding hydrogens is 200 g/mol. The van der Waals surface area contributed by atoms with Crippen molar-refractivity contribution in [2.24, 2.45) is 11.8 Å². The molecule has 16 heavy (non-hydrogen) atoms. The molecule has 1 N–H and O–H groups in total. The van der Waals surface area contributed by atoms with E-state index >= 15 is 0 Å². The van der Waals surface area contributed by atoms with Gasteiger partial charge in [0.25, 0.3) is 0 Å². The van der Waals surface area contributed by atoms with E-state index in [4.69, 9.17) is 4.74 Å². The number of nitrogens with one attached hydrogen (secondary N) is 1. The van der Waals surface area contributed by atoms with Crippen molar-refractivity contribution in [1.29, 1.82) is 0 Å². The lowest BCUT2D eigenvalue weighted by Crippen LogP contribution is -2.38. The van der Waals surface area contributed by atoms with E-state index in [2.05, 4.69) is 17.1 Å². The average molecular weight is 226 g/mol. The van der Waals surface area contributed by atoms with Gasteiger partial charge in [0.2, 0.25) is 0 Å². The molecule has 2 rings (SSSR count). The van der Waals surface area contributed by atoms with Crippen molar-refractivity contribution in [3.8, 4) is 0 Å². The molecule has 0 aromatic rings. The lowest BCUT2D eigenvalue weighted by Gasteiger charge is -2.26. The molecule has 1 saturated heterocycles. The summed E-state index contributed by atoms with van der Waals surface area (Å²) in [6.45, 7) is 10.1. The van der Waals surface area contributed by atoms with Gasteiger partial charge in [-0.3, -0.25) is 4.90 Å². The second-order valence-corrected chi connectivity index (χ2v) is 5.33. The van der Waals surface area contributed by atoms with E-state index in [1.54, 1.807) is 0 Å². The Labute approximate surface area is 99.5 Å². The Bertz CT molecular complexity index is 188. The minimum Gasteiger partial charge on any atom is -0.379 e. The number of nitrogens with zero attached hydrogens (tertiary/aromatic N) is 1. The monoisotopic (exact) mass is 226 g/mol. The lowest BCUT2D eigenvalue weighted by atomic mass is 10.1. The third-order valence-electron chi connectivity index (χ3n) is 3.82. The van der Waals surface area contributed by atoms with Crippen LogP contribution < -0.4 is 5.32 Å². The summed E-state index contributed by atoms with van der Waals surface area (Å²) < 4.78 is 5.33. The smallest absolute Gasteiger partial charge is 0.0594 e. The van der Waals surface area contributed by atoms with Gasteiger partial charge in [0.05, 0.1) is 13.2 Å². The summed E-state index contributed by atoms with van der Waals surface area (Å²) in [6, 6.07) is 0. The Balaban J connectivity index is 1.42. The van der Waals surface area contributed by atoms with Crippen molar-refractivity contribution in [2.75, 3.05) is 45.9 Å². The Kier molecular flexibility index (Phi) is 5.07. The fraction of sp³-hybridized carbons (Fsp3) is 1.00. The molecular formula is C13H26N2O. The van der Waals surface area contributed by atoms with Gasteiger partial charge in [0.15, 0.2) is 0 Å². The van der Waals surface area contributed by atoms with Crippen LogP contribution in [0.4, 0.5) is 0 Å². The van der Waals surface area contributed by atoms with E-state index in [0.29, 0.717) is 0 Å². The second kappa shape index (κ2) is 6.58. The summed E-state index contributed by atoms with van der Waals surface area (Å²) in [5, 5.41) is 3.59. The van der Waals surface area contributed by atoms with Gasteiger partial charge in [-0.15, -0.1) is 0 Å². The van der Waals surface area contributed by atoms with Gasteiger partial charge in [-0.25, -0.2) is 0 Å². The van der Waals surface area contributed by atoms with Gasteiger partial charge in [0, 0.05) is 13.1 Å². The molecule has 94 valence electrons. The maximum Gasteiger partial charge on any atom is 0.0594 e. The molecule has 1 atom stereocenters. The highest BCUT2D eigenvalue weighted by atomic mass is 16.5. The molecule has 2 aliphatic rings. The quantitative estimate of drug-likeness (QED) is 0.663. The van der Waals surface area contributed by atoms with E-state index < -0.39 is 0 Å². The fourth-order valence-electron chi connectivity index (χ4n) is 2.41. The zero-order valence-corrected chi connectivity index (χ0v) is 10.6. The molecule has 3 nitrogen and oxygen atoms in total. The van der Waals surface area contributed by atoms with Crippen LogP contribution in [0.25, 0.3) is 0 Å². The van der Waals surface area contributed by atoms with E-state index in [-0.39, 0.29) is 0 Å². The molecule has 0 radical (unpaired) electrons. The minimum atomic E-state index is 0.892. The predicted octanol–water partition coefficient (Wildman–Crippen LogP) is 1.34. The average Bonchev–Trinajstić information content (AvgIpc) is 3.13. The summed E-state index contributed by atoms with van der Waals surface area (Å²) in [6.07, 6.45) is 4.21. The van der Waals surface area contributed by atoms with E-state index in [9.17, 15) is 0 Å². The number of rotatable bonds is 7. The Morgan fingerprint density at radius 1 is 1.31 bits per heavy atom. The van der Waals surface area contributed by atoms with Crippen LogP contribution in [0.15, 0.2) is 0 Å². The Hall–Kier alpha value is -0.120. The van der Waals surface area contributed by atoms with E-state index in [1.165, 1.54) is 38.9 Å². The van der Waals surface area contributed by atoms with Crippen LogP contribution in [0.2, 0.25) is 0 Å². The molecule has 0 aromatic heterocycles. The Morgan fingerprint density at radius 3 is 2.75 bits per heavy atom. The van der Waals surface area contributed by atoms with Crippen molar-refractivity contribution < 1.29 is 4.74 Å². The normalized spacial score (nSPS) is 24.6. The summed E-state index contributed by atoms with van der Waals surface area (Å²) in [5.41, 5.74) is 0.